The summed E-state index contributed by atoms with van der Waals surface area (Å²) in [5.41, 5.74) is 1.72. The van der Waals surface area contributed by atoms with Crippen LogP contribution in [0, 0.1) is 0 Å². The van der Waals surface area contributed by atoms with Crippen LogP contribution >= 0.6 is 11.3 Å². The van der Waals surface area contributed by atoms with E-state index in [0.29, 0.717) is 11.7 Å². The molecule has 1 fully saturated rings. The van der Waals surface area contributed by atoms with Crippen molar-refractivity contribution in [3.63, 3.8) is 0 Å². The van der Waals surface area contributed by atoms with Crippen LogP contribution in [0.15, 0.2) is 28.2 Å². The number of rotatable bonds is 2. The predicted molar refractivity (Wildman–Crippen MR) is 77.5 cm³/mol. The molecule has 1 aliphatic heterocycles. The maximum absolute atomic E-state index is 5.45. The minimum absolute atomic E-state index is 0.189. The largest absolute Gasteiger partial charge is 0.337 e. The topological polar surface area (TPSA) is 63.8 Å². The highest BCUT2D eigenvalue weighted by Crippen LogP contribution is 2.31. The Labute approximate surface area is 120 Å². The minimum Gasteiger partial charge on any atom is -0.337 e. The van der Waals surface area contributed by atoms with Crippen molar-refractivity contribution in [3.8, 4) is 11.4 Å². The fourth-order valence-electron chi connectivity index (χ4n) is 2.61. The van der Waals surface area contributed by atoms with Crippen LogP contribution in [0.25, 0.3) is 21.6 Å². The molecule has 1 N–H and O–H groups in total. The molecule has 6 heteroatoms. The van der Waals surface area contributed by atoms with Gasteiger partial charge in [-0.2, -0.15) is 4.98 Å². The maximum atomic E-state index is 5.45. The summed E-state index contributed by atoms with van der Waals surface area (Å²) in [4.78, 5) is 8.96. The van der Waals surface area contributed by atoms with Gasteiger partial charge in [0.1, 0.15) is 0 Å². The molecule has 20 heavy (non-hydrogen) atoms. The summed E-state index contributed by atoms with van der Waals surface area (Å²) >= 11 is 1.67. The molecule has 5 nitrogen and oxygen atoms in total. The maximum Gasteiger partial charge on any atom is 0.246 e. The average molecular weight is 286 g/mol. The van der Waals surface area contributed by atoms with Crippen LogP contribution in [-0.2, 0) is 5.54 Å². The van der Waals surface area contributed by atoms with Gasteiger partial charge in [0, 0.05) is 11.8 Å². The van der Waals surface area contributed by atoms with E-state index in [2.05, 4.69) is 33.4 Å². The number of fused-ring (bicyclic) bond motifs is 1. The van der Waals surface area contributed by atoms with Gasteiger partial charge in [-0.3, -0.25) is 4.98 Å². The molecule has 0 aliphatic carbocycles. The van der Waals surface area contributed by atoms with E-state index >= 15 is 0 Å². The van der Waals surface area contributed by atoms with Crippen LogP contribution in [0.3, 0.4) is 0 Å². The Morgan fingerprint density at radius 3 is 3.25 bits per heavy atom. The first-order valence-corrected chi connectivity index (χ1v) is 7.55. The van der Waals surface area contributed by atoms with Crippen LogP contribution in [0.1, 0.15) is 25.7 Å². The van der Waals surface area contributed by atoms with Crippen LogP contribution in [0.5, 0.6) is 0 Å². The van der Waals surface area contributed by atoms with Crippen LogP contribution in [0.4, 0.5) is 0 Å². The first-order valence-electron chi connectivity index (χ1n) is 6.67. The summed E-state index contributed by atoms with van der Waals surface area (Å²) in [7, 11) is 0. The van der Waals surface area contributed by atoms with E-state index in [1.165, 1.54) is 0 Å². The third-order valence-electron chi connectivity index (χ3n) is 3.83. The second-order valence-electron chi connectivity index (χ2n) is 5.31. The number of thiophene rings is 1. The fraction of sp³-hybridized carbons (Fsp3) is 0.357. The number of nitrogens with zero attached hydrogens (tertiary/aromatic N) is 3. The molecule has 4 rings (SSSR count). The van der Waals surface area contributed by atoms with Crippen LogP contribution in [0.2, 0.25) is 0 Å². The first kappa shape index (κ1) is 12.0. The third kappa shape index (κ3) is 1.83. The molecule has 0 aromatic carbocycles. The Kier molecular flexibility index (Phi) is 2.61. The molecular formula is C14H14N4OS. The Balaban J connectivity index is 1.73. The van der Waals surface area contributed by atoms with E-state index in [4.69, 9.17) is 4.52 Å². The monoisotopic (exact) mass is 286 g/mol. The van der Waals surface area contributed by atoms with Crippen molar-refractivity contribution in [3.05, 3.63) is 29.6 Å². The molecule has 1 saturated heterocycles. The van der Waals surface area contributed by atoms with Crippen molar-refractivity contribution in [1.82, 2.24) is 20.4 Å². The van der Waals surface area contributed by atoms with Gasteiger partial charge in [-0.05, 0) is 43.8 Å². The number of aromatic nitrogens is 3. The standard InChI is InChI=1S/C14H14N4OS/c1-14(4-2-5-16-14)13-17-12(18-19-13)9-7-11-10(15-8-9)3-6-20-11/h3,6-8,16H,2,4-5H2,1H3. The summed E-state index contributed by atoms with van der Waals surface area (Å²) in [6.07, 6.45) is 3.96. The summed E-state index contributed by atoms with van der Waals surface area (Å²) in [6.45, 7) is 3.11. The Hall–Kier alpha value is -1.79. The van der Waals surface area contributed by atoms with Crippen molar-refractivity contribution in [2.24, 2.45) is 0 Å². The van der Waals surface area contributed by atoms with Crippen molar-refractivity contribution >= 4 is 21.6 Å². The fourth-order valence-corrected chi connectivity index (χ4v) is 3.39. The molecule has 0 saturated carbocycles. The van der Waals surface area contributed by atoms with Crippen LogP contribution < -0.4 is 5.32 Å². The van der Waals surface area contributed by atoms with Crippen molar-refractivity contribution in [2.75, 3.05) is 6.54 Å². The normalized spacial score (nSPS) is 22.6. The van der Waals surface area contributed by atoms with E-state index < -0.39 is 0 Å². The molecular weight excluding hydrogens is 272 g/mol. The molecule has 0 amide bonds. The van der Waals surface area contributed by atoms with Gasteiger partial charge in [-0.15, -0.1) is 11.3 Å². The molecule has 3 aromatic rings. The van der Waals surface area contributed by atoms with Gasteiger partial charge >= 0.3 is 0 Å². The van der Waals surface area contributed by atoms with Gasteiger partial charge < -0.3 is 9.84 Å². The molecule has 3 aromatic heterocycles. The third-order valence-corrected chi connectivity index (χ3v) is 4.68. The molecule has 102 valence electrons. The van der Waals surface area contributed by atoms with E-state index in [1.54, 1.807) is 17.5 Å². The Morgan fingerprint density at radius 1 is 1.45 bits per heavy atom. The van der Waals surface area contributed by atoms with Crippen LogP contribution in [-0.4, -0.2) is 21.7 Å². The lowest BCUT2D eigenvalue weighted by Gasteiger charge is -2.18. The summed E-state index contributed by atoms with van der Waals surface area (Å²) in [5, 5.41) is 9.57. The van der Waals surface area contributed by atoms with E-state index in [9.17, 15) is 0 Å². The van der Waals surface area contributed by atoms with Gasteiger partial charge in [0.25, 0.3) is 0 Å². The lowest BCUT2D eigenvalue weighted by Crippen LogP contribution is -2.33. The van der Waals surface area contributed by atoms with E-state index in [1.807, 2.05) is 11.4 Å². The quantitative estimate of drug-likeness (QED) is 0.784. The zero-order valence-electron chi connectivity index (χ0n) is 11.1. The molecule has 1 unspecified atom stereocenters. The van der Waals surface area contributed by atoms with Crippen molar-refractivity contribution in [1.29, 1.82) is 0 Å². The van der Waals surface area contributed by atoms with E-state index in [-0.39, 0.29) is 5.54 Å². The predicted octanol–water partition coefficient (Wildman–Crippen LogP) is 2.94. The van der Waals surface area contributed by atoms with Gasteiger partial charge in [0.05, 0.1) is 15.8 Å². The number of hydrogen-bond acceptors (Lipinski definition) is 6. The average Bonchev–Trinajstić information content (AvgIpc) is 3.18. The highest BCUT2D eigenvalue weighted by molar-refractivity contribution is 7.17. The molecule has 0 radical (unpaired) electrons. The second-order valence-corrected chi connectivity index (χ2v) is 6.26. The minimum atomic E-state index is -0.189. The zero-order valence-corrected chi connectivity index (χ0v) is 11.9. The van der Waals surface area contributed by atoms with Gasteiger partial charge in [-0.1, -0.05) is 5.16 Å². The number of hydrogen-bond donors (Lipinski definition) is 1. The lowest BCUT2D eigenvalue weighted by molar-refractivity contribution is 0.275. The molecule has 4 heterocycles. The molecule has 0 bridgehead atoms. The SMILES string of the molecule is CC1(c2nc(-c3cnc4ccsc4c3)no2)CCCN1. The van der Waals surface area contributed by atoms with Gasteiger partial charge in [0.15, 0.2) is 0 Å². The van der Waals surface area contributed by atoms with Crippen molar-refractivity contribution < 1.29 is 4.52 Å². The summed E-state index contributed by atoms with van der Waals surface area (Å²) in [5.74, 6) is 1.27. The Morgan fingerprint density at radius 2 is 2.40 bits per heavy atom. The highest BCUT2D eigenvalue weighted by atomic mass is 32.1. The van der Waals surface area contributed by atoms with Crippen molar-refractivity contribution in [2.45, 2.75) is 25.3 Å². The molecule has 0 spiro atoms. The Bertz CT molecular complexity index is 757. The number of nitrogens with one attached hydrogen (secondary N) is 1. The molecule has 1 aliphatic rings. The van der Waals surface area contributed by atoms with Gasteiger partial charge in [0.2, 0.25) is 11.7 Å². The molecule has 1 atom stereocenters. The highest BCUT2D eigenvalue weighted by Gasteiger charge is 2.35. The summed E-state index contributed by atoms with van der Waals surface area (Å²) in [6, 6.07) is 4.07. The zero-order chi connectivity index (χ0) is 13.6. The smallest absolute Gasteiger partial charge is 0.246 e. The lowest BCUT2D eigenvalue weighted by atomic mass is 10.0. The second kappa shape index (κ2) is 4.36. The van der Waals surface area contributed by atoms with E-state index in [0.717, 1.165) is 35.2 Å². The van der Waals surface area contributed by atoms with Gasteiger partial charge in [-0.25, -0.2) is 0 Å². The number of pyridine rings is 1. The summed E-state index contributed by atoms with van der Waals surface area (Å²) < 4.78 is 6.59. The first-order chi connectivity index (χ1) is 9.74.